The van der Waals surface area contributed by atoms with Gasteiger partial charge in [0.25, 0.3) is 0 Å². The number of aromatic nitrogens is 1. The van der Waals surface area contributed by atoms with E-state index in [9.17, 15) is 5.11 Å². The lowest BCUT2D eigenvalue weighted by atomic mass is 9.96. The molecule has 0 bridgehead atoms. The molecular formula is C22H26BN3O. The lowest BCUT2D eigenvalue weighted by molar-refractivity contribution is 0.250. The van der Waals surface area contributed by atoms with Crippen molar-refractivity contribution in [2.45, 2.75) is 20.4 Å². The Morgan fingerprint density at radius 2 is 1.67 bits per heavy atom. The number of hydrogen-bond acceptors (Lipinski definition) is 4. The van der Waals surface area contributed by atoms with Gasteiger partial charge in [0.15, 0.2) is 0 Å². The highest BCUT2D eigenvalue weighted by Gasteiger charge is 2.18. The monoisotopic (exact) mass is 359 g/mol. The Balaban J connectivity index is 0.00000102. The molecule has 1 N–H and O–H groups in total. The van der Waals surface area contributed by atoms with E-state index in [1.54, 1.807) is 12.3 Å². The third-order valence-electron chi connectivity index (χ3n) is 4.86. The number of rotatable bonds is 3. The van der Waals surface area contributed by atoms with E-state index in [2.05, 4.69) is 26.9 Å². The van der Waals surface area contributed by atoms with E-state index < -0.39 is 0 Å². The van der Waals surface area contributed by atoms with Crippen LogP contribution in [0.1, 0.15) is 19.4 Å². The molecule has 0 aliphatic carbocycles. The Bertz CT molecular complexity index is 874. The number of pyridine rings is 1. The summed E-state index contributed by atoms with van der Waals surface area (Å²) in [7, 11) is 5.77. The van der Waals surface area contributed by atoms with Gasteiger partial charge in [-0.3, -0.25) is 9.88 Å². The van der Waals surface area contributed by atoms with Crippen LogP contribution in [0.3, 0.4) is 0 Å². The van der Waals surface area contributed by atoms with E-state index >= 15 is 0 Å². The zero-order valence-corrected chi connectivity index (χ0v) is 16.1. The molecule has 27 heavy (non-hydrogen) atoms. The van der Waals surface area contributed by atoms with Crippen LogP contribution in [-0.4, -0.2) is 49.0 Å². The Kier molecular flexibility index (Phi) is 6.35. The molecule has 2 heterocycles. The summed E-state index contributed by atoms with van der Waals surface area (Å²) in [6, 6.07) is 15.8. The number of aromatic hydroxyl groups is 1. The highest BCUT2D eigenvalue weighted by Crippen LogP contribution is 2.26. The SMILES string of the molecule is CC.[B]c1ccc(N2CCN(Cc3ccc(O)c4ncccc34)CC2)cc1. The normalized spacial score (nSPS) is 14.7. The van der Waals surface area contributed by atoms with Crippen molar-refractivity contribution in [2.75, 3.05) is 31.1 Å². The largest absolute Gasteiger partial charge is 0.506 e. The molecule has 0 saturated carbocycles. The third kappa shape index (κ3) is 4.42. The second-order valence-electron chi connectivity index (χ2n) is 6.50. The maximum absolute atomic E-state index is 9.99. The molecule has 138 valence electrons. The Hall–Kier alpha value is -2.53. The summed E-state index contributed by atoms with van der Waals surface area (Å²) in [5.41, 5.74) is 3.92. The summed E-state index contributed by atoms with van der Waals surface area (Å²) in [6.45, 7) is 8.88. The minimum Gasteiger partial charge on any atom is -0.506 e. The molecule has 2 aromatic carbocycles. The predicted octanol–water partition coefficient (Wildman–Crippen LogP) is 3.08. The van der Waals surface area contributed by atoms with Crippen LogP contribution in [0.25, 0.3) is 10.9 Å². The van der Waals surface area contributed by atoms with Crippen LogP contribution in [0.2, 0.25) is 0 Å². The third-order valence-corrected chi connectivity index (χ3v) is 4.86. The maximum Gasteiger partial charge on any atom is 0.141 e. The van der Waals surface area contributed by atoms with Crippen LogP contribution in [0.4, 0.5) is 5.69 Å². The first kappa shape index (κ1) is 19.2. The van der Waals surface area contributed by atoms with Gasteiger partial charge in [0.05, 0.1) is 0 Å². The molecule has 1 aliphatic heterocycles. The van der Waals surface area contributed by atoms with Crippen LogP contribution in [0.5, 0.6) is 5.75 Å². The summed E-state index contributed by atoms with van der Waals surface area (Å²) in [5, 5.41) is 11.0. The van der Waals surface area contributed by atoms with Gasteiger partial charge in [0.1, 0.15) is 19.1 Å². The Labute approximate surface area is 162 Å². The molecule has 3 aromatic rings. The van der Waals surface area contributed by atoms with Crippen LogP contribution >= 0.6 is 0 Å². The molecular weight excluding hydrogens is 333 g/mol. The quantitative estimate of drug-likeness (QED) is 0.730. The van der Waals surface area contributed by atoms with Crippen molar-refractivity contribution >= 4 is 29.9 Å². The summed E-state index contributed by atoms with van der Waals surface area (Å²) >= 11 is 0. The minimum absolute atomic E-state index is 0.243. The second kappa shape index (κ2) is 8.91. The number of fused-ring (bicyclic) bond motifs is 1. The van der Waals surface area contributed by atoms with Crippen LogP contribution in [0, 0.1) is 0 Å². The molecule has 0 spiro atoms. The average molecular weight is 359 g/mol. The molecule has 0 amide bonds. The van der Waals surface area contributed by atoms with Gasteiger partial charge in [0.2, 0.25) is 0 Å². The molecule has 1 aromatic heterocycles. The number of hydrogen-bond donors (Lipinski definition) is 1. The first-order chi connectivity index (χ1) is 13.2. The molecule has 5 heteroatoms. The fourth-order valence-electron chi connectivity index (χ4n) is 3.44. The van der Waals surface area contributed by atoms with Gasteiger partial charge in [-0.2, -0.15) is 0 Å². The highest BCUT2D eigenvalue weighted by atomic mass is 16.3. The lowest BCUT2D eigenvalue weighted by Gasteiger charge is -2.36. The first-order valence-electron chi connectivity index (χ1n) is 9.59. The Morgan fingerprint density at radius 1 is 0.963 bits per heavy atom. The zero-order valence-electron chi connectivity index (χ0n) is 16.1. The van der Waals surface area contributed by atoms with E-state index in [1.165, 1.54) is 11.3 Å². The average Bonchev–Trinajstić information content (AvgIpc) is 2.73. The van der Waals surface area contributed by atoms with Crippen molar-refractivity contribution in [1.29, 1.82) is 0 Å². The topological polar surface area (TPSA) is 39.6 Å². The van der Waals surface area contributed by atoms with Gasteiger partial charge in [-0.1, -0.05) is 43.6 Å². The van der Waals surface area contributed by atoms with Gasteiger partial charge in [-0.15, -0.1) is 0 Å². The number of nitrogens with zero attached hydrogens (tertiary/aromatic N) is 3. The standard InChI is InChI=1S/C20H20BN3O.C2H6/c21-16-4-6-17(7-5-16)24-12-10-23(11-13-24)14-15-3-8-19(25)20-18(15)2-1-9-22-20;1-2/h1-9,25H,10-14H2;1-2H3. The first-order valence-corrected chi connectivity index (χ1v) is 9.59. The number of benzene rings is 2. The highest BCUT2D eigenvalue weighted by molar-refractivity contribution is 6.32. The van der Waals surface area contributed by atoms with Crippen molar-refractivity contribution in [2.24, 2.45) is 0 Å². The van der Waals surface area contributed by atoms with E-state index in [4.69, 9.17) is 7.85 Å². The van der Waals surface area contributed by atoms with E-state index in [-0.39, 0.29) is 5.75 Å². The van der Waals surface area contributed by atoms with Gasteiger partial charge < -0.3 is 10.0 Å². The fraction of sp³-hybridized carbons (Fsp3) is 0.318. The summed E-state index contributed by atoms with van der Waals surface area (Å²) in [4.78, 5) is 9.15. The Morgan fingerprint density at radius 3 is 2.37 bits per heavy atom. The van der Waals surface area contributed by atoms with Crippen molar-refractivity contribution in [3.63, 3.8) is 0 Å². The van der Waals surface area contributed by atoms with Crippen molar-refractivity contribution < 1.29 is 5.11 Å². The molecule has 2 radical (unpaired) electrons. The molecule has 0 unspecified atom stereocenters. The van der Waals surface area contributed by atoms with E-state index in [1.807, 2.05) is 44.2 Å². The maximum atomic E-state index is 9.99. The molecule has 1 aliphatic rings. The molecule has 0 atom stereocenters. The number of phenolic OH excluding ortho intramolecular Hbond substituents is 1. The second-order valence-corrected chi connectivity index (χ2v) is 6.50. The number of piperazine rings is 1. The van der Waals surface area contributed by atoms with E-state index in [0.29, 0.717) is 5.52 Å². The van der Waals surface area contributed by atoms with Gasteiger partial charge in [-0.05, 0) is 29.8 Å². The summed E-state index contributed by atoms with van der Waals surface area (Å²) in [5.74, 6) is 0.243. The zero-order chi connectivity index (χ0) is 19.2. The van der Waals surface area contributed by atoms with Crippen LogP contribution in [-0.2, 0) is 6.54 Å². The number of phenols is 1. The molecule has 4 nitrogen and oxygen atoms in total. The summed E-state index contributed by atoms with van der Waals surface area (Å²) in [6.07, 6.45) is 1.72. The summed E-state index contributed by atoms with van der Waals surface area (Å²) < 4.78 is 0. The van der Waals surface area contributed by atoms with Crippen LogP contribution < -0.4 is 10.4 Å². The molecule has 1 fully saturated rings. The van der Waals surface area contributed by atoms with Crippen molar-refractivity contribution in [1.82, 2.24) is 9.88 Å². The van der Waals surface area contributed by atoms with E-state index in [0.717, 1.165) is 43.6 Å². The number of anilines is 1. The predicted molar refractivity (Wildman–Crippen MR) is 114 cm³/mol. The van der Waals surface area contributed by atoms with Gasteiger partial charge in [-0.25, -0.2) is 0 Å². The van der Waals surface area contributed by atoms with Crippen LogP contribution in [0.15, 0.2) is 54.7 Å². The minimum atomic E-state index is 0.243. The van der Waals surface area contributed by atoms with Crippen molar-refractivity contribution in [3.05, 3.63) is 60.3 Å². The smallest absolute Gasteiger partial charge is 0.141 e. The van der Waals surface area contributed by atoms with Gasteiger partial charge >= 0.3 is 0 Å². The molecule has 1 saturated heterocycles. The van der Waals surface area contributed by atoms with Gasteiger partial charge in [0, 0.05) is 50.0 Å². The van der Waals surface area contributed by atoms with Crippen molar-refractivity contribution in [3.8, 4) is 5.75 Å². The fourth-order valence-corrected chi connectivity index (χ4v) is 3.44. The lowest BCUT2D eigenvalue weighted by Crippen LogP contribution is -2.46. The molecule has 4 rings (SSSR count).